The van der Waals surface area contributed by atoms with Gasteiger partial charge in [0.15, 0.2) is 0 Å². The molecule has 2 N–H and O–H groups in total. The standard InChI is InChI=1S/C16H15ClN2O2/c17-12-6-2-1-5-11(12)15(21)9-19-14-8-4-3-7-13(14)18-16(19)10-20/h1-8,15,20-21H,9-10H2/t15-/m0/s1. The molecule has 3 rings (SSSR count). The Labute approximate surface area is 127 Å². The number of para-hydroxylation sites is 2. The largest absolute Gasteiger partial charge is 0.388 e. The Bertz CT molecular complexity index is 770. The van der Waals surface area contributed by atoms with Crippen molar-refractivity contribution < 1.29 is 10.2 Å². The fourth-order valence-electron chi connectivity index (χ4n) is 2.47. The molecule has 0 radical (unpaired) electrons. The molecule has 4 nitrogen and oxygen atoms in total. The van der Waals surface area contributed by atoms with Gasteiger partial charge in [-0.1, -0.05) is 41.9 Å². The smallest absolute Gasteiger partial charge is 0.135 e. The molecule has 3 aromatic rings. The molecule has 0 bridgehead atoms. The average Bonchev–Trinajstić information content (AvgIpc) is 2.86. The highest BCUT2D eigenvalue weighted by Gasteiger charge is 2.16. The third kappa shape index (κ3) is 2.65. The Balaban J connectivity index is 1.99. The van der Waals surface area contributed by atoms with Crippen molar-refractivity contribution in [1.29, 1.82) is 0 Å². The maximum atomic E-state index is 10.4. The molecule has 0 aliphatic carbocycles. The Kier molecular flexibility index (Phi) is 3.92. The predicted octanol–water partition coefficient (Wildman–Crippen LogP) is 2.92. The van der Waals surface area contributed by atoms with Gasteiger partial charge in [-0.05, 0) is 18.2 Å². The topological polar surface area (TPSA) is 58.3 Å². The summed E-state index contributed by atoms with van der Waals surface area (Å²) < 4.78 is 1.82. The van der Waals surface area contributed by atoms with E-state index in [0.29, 0.717) is 23.0 Å². The minimum absolute atomic E-state index is 0.177. The van der Waals surface area contributed by atoms with E-state index < -0.39 is 6.10 Å². The van der Waals surface area contributed by atoms with Crippen molar-refractivity contribution in [3.05, 3.63) is 64.9 Å². The Morgan fingerprint density at radius 1 is 1.10 bits per heavy atom. The van der Waals surface area contributed by atoms with Crippen LogP contribution in [0.1, 0.15) is 17.5 Å². The van der Waals surface area contributed by atoms with Crippen molar-refractivity contribution in [3.63, 3.8) is 0 Å². The van der Waals surface area contributed by atoms with Crippen molar-refractivity contribution >= 4 is 22.6 Å². The predicted molar refractivity (Wildman–Crippen MR) is 82.1 cm³/mol. The first-order valence-electron chi connectivity index (χ1n) is 6.68. The molecule has 0 aliphatic heterocycles. The van der Waals surface area contributed by atoms with E-state index in [9.17, 15) is 10.2 Å². The van der Waals surface area contributed by atoms with E-state index in [1.54, 1.807) is 12.1 Å². The van der Waals surface area contributed by atoms with Crippen molar-refractivity contribution in [3.8, 4) is 0 Å². The molecule has 0 saturated carbocycles. The van der Waals surface area contributed by atoms with Crippen molar-refractivity contribution in [2.75, 3.05) is 0 Å². The number of nitrogens with zero attached hydrogens (tertiary/aromatic N) is 2. The van der Waals surface area contributed by atoms with E-state index in [-0.39, 0.29) is 6.61 Å². The zero-order chi connectivity index (χ0) is 14.8. The molecule has 0 spiro atoms. The lowest BCUT2D eigenvalue weighted by molar-refractivity contribution is 0.153. The van der Waals surface area contributed by atoms with Gasteiger partial charge >= 0.3 is 0 Å². The first-order chi connectivity index (χ1) is 10.2. The highest BCUT2D eigenvalue weighted by Crippen LogP contribution is 2.26. The van der Waals surface area contributed by atoms with Gasteiger partial charge in [0.1, 0.15) is 12.4 Å². The van der Waals surface area contributed by atoms with Gasteiger partial charge in [0.2, 0.25) is 0 Å². The van der Waals surface area contributed by atoms with Gasteiger partial charge in [0.25, 0.3) is 0 Å². The summed E-state index contributed by atoms with van der Waals surface area (Å²) >= 11 is 6.12. The summed E-state index contributed by atoms with van der Waals surface area (Å²) in [6.07, 6.45) is -0.762. The molecule has 21 heavy (non-hydrogen) atoms. The summed E-state index contributed by atoms with van der Waals surface area (Å²) in [5.74, 6) is 0.530. The van der Waals surface area contributed by atoms with Gasteiger partial charge in [0, 0.05) is 10.6 Å². The number of hydrogen-bond acceptors (Lipinski definition) is 3. The molecular formula is C16H15ClN2O2. The lowest BCUT2D eigenvalue weighted by Crippen LogP contribution is -2.12. The Hall–Kier alpha value is -1.88. The highest BCUT2D eigenvalue weighted by atomic mass is 35.5. The highest BCUT2D eigenvalue weighted by molar-refractivity contribution is 6.31. The molecule has 1 heterocycles. The van der Waals surface area contributed by atoms with Crippen molar-refractivity contribution in [2.45, 2.75) is 19.3 Å². The van der Waals surface area contributed by atoms with Gasteiger partial charge in [-0.2, -0.15) is 0 Å². The molecule has 0 saturated heterocycles. The van der Waals surface area contributed by atoms with E-state index in [2.05, 4.69) is 4.98 Å². The summed E-state index contributed by atoms with van der Waals surface area (Å²) in [4.78, 5) is 4.37. The van der Waals surface area contributed by atoms with E-state index in [1.807, 2.05) is 41.0 Å². The van der Waals surface area contributed by atoms with Crippen LogP contribution in [0.25, 0.3) is 11.0 Å². The lowest BCUT2D eigenvalue weighted by atomic mass is 10.1. The maximum absolute atomic E-state index is 10.4. The molecular weight excluding hydrogens is 288 g/mol. The normalized spacial score (nSPS) is 12.7. The van der Waals surface area contributed by atoms with E-state index in [1.165, 1.54) is 0 Å². The first-order valence-corrected chi connectivity index (χ1v) is 7.06. The first kappa shape index (κ1) is 14.1. The fraction of sp³-hybridized carbons (Fsp3) is 0.188. The molecule has 2 aromatic carbocycles. The number of rotatable bonds is 4. The summed E-state index contributed by atoms with van der Waals surface area (Å²) in [6.45, 7) is 0.115. The molecule has 108 valence electrons. The lowest BCUT2D eigenvalue weighted by Gasteiger charge is -2.15. The SMILES string of the molecule is OCc1nc2ccccc2n1C[C@H](O)c1ccccc1Cl. The Morgan fingerprint density at radius 2 is 1.81 bits per heavy atom. The van der Waals surface area contributed by atoms with Crippen LogP contribution < -0.4 is 0 Å². The van der Waals surface area contributed by atoms with Crippen LogP contribution in [0.3, 0.4) is 0 Å². The van der Waals surface area contributed by atoms with E-state index in [0.717, 1.165) is 11.0 Å². The van der Waals surface area contributed by atoms with Crippen LogP contribution in [0.4, 0.5) is 0 Å². The van der Waals surface area contributed by atoms with Gasteiger partial charge in [-0.25, -0.2) is 4.98 Å². The van der Waals surface area contributed by atoms with Gasteiger partial charge < -0.3 is 14.8 Å². The molecule has 0 amide bonds. The number of halogens is 1. The van der Waals surface area contributed by atoms with E-state index >= 15 is 0 Å². The van der Waals surface area contributed by atoms with E-state index in [4.69, 9.17) is 11.6 Å². The zero-order valence-corrected chi connectivity index (χ0v) is 12.0. The van der Waals surface area contributed by atoms with Crippen LogP contribution in [-0.2, 0) is 13.2 Å². The molecule has 5 heteroatoms. The van der Waals surface area contributed by atoms with Crippen molar-refractivity contribution in [1.82, 2.24) is 9.55 Å². The number of aliphatic hydroxyl groups is 2. The van der Waals surface area contributed by atoms with Crippen LogP contribution in [0.15, 0.2) is 48.5 Å². The number of fused-ring (bicyclic) bond motifs is 1. The molecule has 1 atom stereocenters. The van der Waals surface area contributed by atoms with Gasteiger partial charge in [-0.3, -0.25) is 0 Å². The zero-order valence-electron chi connectivity index (χ0n) is 11.3. The second-order valence-electron chi connectivity index (χ2n) is 4.82. The number of aliphatic hydroxyl groups excluding tert-OH is 2. The molecule has 0 aliphatic rings. The third-order valence-corrected chi connectivity index (χ3v) is 3.84. The summed E-state index contributed by atoms with van der Waals surface area (Å²) in [5.41, 5.74) is 2.35. The summed E-state index contributed by atoms with van der Waals surface area (Å²) in [7, 11) is 0. The number of hydrogen-bond donors (Lipinski definition) is 2. The summed E-state index contributed by atoms with van der Waals surface area (Å²) in [5, 5.41) is 20.4. The number of benzene rings is 2. The monoisotopic (exact) mass is 302 g/mol. The molecule has 1 aromatic heterocycles. The van der Waals surface area contributed by atoms with Crippen molar-refractivity contribution in [2.24, 2.45) is 0 Å². The number of imidazole rings is 1. The second-order valence-corrected chi connectivity index (χ2v) is 5.23. The van der Waals surface area contributed by atoms with Gasteiger partial charge in [0.05, 0.1) is 23.7 Å². The van der Waals surface area contributed by atoms with Crippen LogP contribution >= 0.6 is 11.6 Å². The Morgan fingerprint density at radius 3 is 2.57 bits per heavy atom. The molecule has 0 unspecified atom stereocenters. The third-order valence-electron chi connectivity index (χ3n) is 3.49. The minimum Gasteiger partial charge on any atom is -0.388 e. The minimum atomic E-state index is -0.762. The van der Waals surface area contributed by atoms with Crippen LogP contribution in [0.2, 0.25) is 5.02 Å². The summed E-state index contributed by atoms with van der Waals surface area (Å²) in [6, 6.07) is 14.8. The average molecular weight is 303 g/mol. The van der Waals surface area contributed by atoms with Crippen LogP contribution in [0, 0.1) is 0 Å². The second kappa shape index (κ2) is 5.85. The van der Waals surface area contributed by atoms with Gasteiger partial charge in [-0.15, -0.1) is 0 Å². The molecule has 0 fully saturated rings. The van der Waals surface area contributed by atoms with Crippen LogP contribution in [0.5, 0.6) is 0 Å². The number of aromatic nitrogens is 2. The fourth-order valence-corrected chi connectivity index (χ4v) is 2.73. The quantitative estimate of drug-likeness (QED) is 0.779. The maximum Gasteiger partial charge on any atom is 0.135 e. The van der Waals surface area contributed by atoms with Crippen LogP contribution in [-0.4, -0.2) is 19.8 Å².